The lowest BCUT2D eigenvalue weighted by Gasteiger charge is -2.23. The smallest absolute Gasteiger partial charge is 0.252 e. The highest BCUT2D eigenvalue weighted by atomic mass is 19.1. The first-order valence-corrected chi connectivity index (χ1v) is 11.8. The molecule has 1 aliphatic carbocycles. The van der Waals surface area contributed by atoms with Crippen molar-refractivity contribution in [3.8, 4) is 0 Å². The molecule has 2 aromatic carbocycles. The Morgan fingerprint density at radius 3 is 2.53 bits per heavy atom. The molecule has 0 spiro atoms. The van der Waals surface area contributed by atoms with E-state index in [2.05, 4.69) is 38.4 Å². The van der Waals surface area contributed by atoms with Gasteiger partial charge in [0.1, 0.15) is 5.82 Å². The molecule has 1 fully saturated rings. The Labute approximate surface area is 197 Å². The summed E-state index contributed by atoms with van der Waals surface area (Å²) in [5.41, 5.74) is 4.59. The molecule has 0 bridgehead atoms. The van der Waals surface area contributed by atoms with Gasteiger partial charge in [-0.15, -0.1) is 5.10 Å². The summed E-state index contributed by atoms with van der Waals surface area (Å²) in [7, 11) is 0. The van der Waals surface area contributed by atoms with Crippen molar-refractivity contribution in [3.63, 3.8) is 0 Å². The van der Waals surface area contributed by atoms with Gasteiger partial charge in [0.15, 0.2) is 5.82 Å². The van der Waals surface area contributed by atoms with E-state index in [-0.39, 0.29) is 11.4 Å². The number of tetrazole rings is 1. The second kappa shape index (κ2) is 9.46. The summed E-state index contributed by atoms with van der Waals surface area (Å²) in [5.74, 6) is 0.524. The van der Waals surface area contributed by atoms with Crippen LogP contribution in [0.25, 0.3) is 10.9 Å². The first-order chi connectivity index (χ1) is 16.5. The Hall–Kier alpha value is -3.39. The van der Waals surface area contributed by atoms with Gasteiger partial charge in [-0.3, -0.25) is 9.69 Å². The summed E-state index contributed by atoms with van der Waals surface area (Å²) in [6.07, 6.45) is 4.54. The fraction of sp³-hybridized carbons (Fsp3) is 0.385. The normalized spacial score (nSPS) is 14.5. The zero-order valence-electron chi connectivity index (χ0n) is 19.6. The highest BCUT2D eigenvalue weighted by molar-refractivity contribution is 5.85. The average Bonchev–Trinajstić information content (AvgIpc) is 3.51. The maximum absolute atomic E-state index is 13.5. The van der Waals surface area contributed by atoms with Crippen LogP contribution in [0.2, 0.25) is 0 Å². The predicted molar refractivity (Wildman–Crippen MR) is 129 cm³/mol. The van der Waals surface area contributed by atoms with Crippen LogP contribution in [0.4, 0.5) is 4.39 Å². The van der Waals surface area contributed by atoms with Crippen molar-refractivity contribution in [2.75, 3.05) is 0 Å². The summed E-state index contributed by atoms with van der Waals surface area (Å²) >= 11 is 0. The number of nitrogens with one attached hydrogen (secondary N) is 1. The van der Waals surface area contributed by atoms with Crippen LogP contribution in [-0.4, -0.2) is 30.1 Å². The van der Waals surface area contributed by atoms with Crippen LogP contribution in [0.1, 0.15) is 59.8 Å². The van der Waals surface area contributed by atoms with E-state index in [1.54, 1.807) is 12.1 Å². The Bertz CT molecular complexity index is 1350. The second-order valence-electron chi connectivity index (χ2n) is 9.36. The summed E-state index contributed by atoms with van der Waals surface area (Å²) in [5, 5.41) is 13.6. The lowest BCUT2D eigenvalue weighted by atomic mass is 10.0. The van der Waals surface area contributed by atoms with Crippen molar-refractivity contribution in [2.24, 2.45) is 0 Å². The molecule has 176 valence electrons. The fourth-order valence-corrected chi connectivity index (χ4v) is 4.94. The molecule has 1 N–H and O–H groups in total. The van der Waals surface area contributed by atoms with E-state index in [9.17, 15) is 9.18 Å². The Kier molecular flexibility index (Phi) is 6.24. The molecule has 2 heterocycles. The Morgan fingerprint density at radius 2 is 1.76 bits per heavy atom. The first-order valence-electron chi connectivity index (χ1n) is 11.8. The number of H-pyrrole nitrogens is 1. The third kappa shape index (κ3) is 4.63. The third-order valence-corrected chi connectivity index (χ3v) is 6.83. The van der Waals surface area contributed by atoms with E-state index in [1.165, 1.54) is 25.0 Å². The van der Waals surface area contributed by atoms with Crippen molar-refractivity contribution in [3.05, 3.63) is 86.7 Å². The van der Waals surface area contributed by atoms with Gasteiger partial charge in [-0.05, 0) is 72.0 Å². The fourth-order valence-electron chi connectivity index (χ4n) is 4.94. The van der Waals surface area contributed by atoms with Crippen molar-refractivity contribution in [2.45, 2.75) is 65.2 Å². The van der Waals surface area contributed by atoms with Crippen molar-refractivity contribution in [1.29, 1.82) is 0 Å². The Morgan fingerprint density at radius 1 is 1.03 bits per heavy atom. The molecule has 1 aliphatic rings. The Balaban J connectivity index is 1.48. The first kappa shape index (κ1) is 22.4. The van der Waals surface area contributed by atoms with Gasteiger partial charge in [0.05, 0.1) is 18.1 Å². The number of aryl methyl sites for hydroxylation is 2. The van der Waals surface area contributed by atoms with Gasteiger partial charge in [-0.1, -0.05) is 37.1 Å². The topological polar surface area (TPSA) is 79.7 Å². The number of rotatable bonds is 7. The molecule has 0 atom stereocenters. The molecule has 0 amide bonds. The van der Waals surface area contributed by atoms with E-state index in [0.717, 1.165) is 46.3 Å². The maximum Gasteiger partial charge on any atom is 0.252 e. The van der Waals surface area contributed by atoms with Crippen LogP contribution >= 0.6 is 0 Å². The largest absolute Gasteiger partial charge is 0.321 e. The molecule has 0 saturated heterocycles. The molecule has 5 rings (SSSR count). The monoisotopic (exact) mass is 460 g/mol. The second-order valence-corrected chi connectivity index (χ2v) is 9.36. The summed E-state index contributed by atoms with van der Waals surface area (Å²) in [6, 6.07) is 12.9. The SMILES string of the molecule is Cc1ccc(C)c2[nH]c(=O)c(CN(Cc3ccc(F)cc3)Cc3nnnn3C3CCCC3)cc12. The van der Waals surface area contributed by atoms with Gasteiger partial charge in [0.2, 0.25) is 0 Å². The van der Waals surface area contributed by atoms with Gasteiger partial charge >= 0.3 is 0 Å². The van der Waals surface area contributed by atoms with Gasteiger partial charge in [0, 0.05) is 24.0 Å². The number of nitrogens with zero attached hydrogens (tertiary/aromatic N) is 5. The minimum Gasteiger partial charge on any atom is -0.321 e. The number of fused-ring (bicyclic) bond motifs is 1. The van der Waals surface area contributed by atoms with E-state index in [0.29, 0.717) is 31.2 Å². The zero-order valence-corrected chi connectivity index (χ0v) is 19.6. The number of hydrogen-bond acceptors (Lipinski definition) is 5. The van der Waals surface area contributed by atoms with E-state index < -0.39 is 0 Å². The molecular formula is C26H29FN6O. The van der Waals surface area contributed by atoms with Crippen LogP contribution < -0.4 is 5.56 Å². The molecule has 1 saturated carbocycles. The lowest BCUT2D eigenvalue weighted by molar-refractivity contribution is 0.231. The third-order valence-electron chi connectivity index (χ3n) is 6.83. The van der Waals surface area contributed by atoms with Gasteiger partial charge in [0.25, 0.3) is 5.56 Å². The van der Waals surface area contributed by atoms with Crippen LogP contribution in [-0.2, 0) is 19.6 Å². The van der Waals surface area contributed by atoms with Crippen LogP contribution in [0, 0.1) is 19.7 Å². The van der Waals surface area contributed by atoms with Crippen LogP contribution in [0.3, 0.4) is 0 Å². The molecule has 4 aromatic rings. The van der Waals surface area contributed by atoms with E-state index in [4.69, 9.17) is 0 Å². The zero-order chi connectivity index (χ0) is 23.7. The number of pyridine rings is 1. The summed E-state index contributed by atoms with van der Waals surface area (Å²) < 4.78 is 15.4. The number of aromatic nitrogens is 5. The molecule has 0 unspecified atom stereocenters. The molecule has 8 heteroatoms. The average molecular weight is 461 g/mol. The van der Waals surface area contributed by atoms with E-state index in [1.807, 2.05) is 23.7 Å². The molecule has 0 radical (unpaired) electrons. The molecule has 7 nitrogen and oxygen atoms in total. The number of aromatic amines is 1. The number of hydrogen-bond donors (Lipinski definition) is 1. The van der Waals surface area contributed by atoms with E-state index >= 15 is 0 Å². The van der Waals surface area contributed by atoms with Gasteiger partial charge < -0.3 is 4.98 Å². The van der Waals surface area contributed by atoms with Crippen molar-refractivity contribution < 1.29 is 4.39 Å². The van der Waals surface area contributed by atoms with Gasteiger partial charge in [-0.2, -0.15) is 0 Å². The molecule has 2 aromatic heterocycles. The highest BCUT2D eigenvalue weighted by Gasteiger charge is 2.23. The predicted octanol–water partition coefficient (Wildman–Crippen LogP) is 4.59. The lowest BCUT2D eigenvalue weighted by Crippen LogP contribution is -2.28. The molecule has 0 aliphatic heterocycles. The number of benzene rings is 2. The van der Waals surface area contributed by atoms with Crippen molar-refractivity contribution >= 4 is 10.9 Å². The summed E-state index contributed by atoms with van der Waals surface area (Å²) in [6.45, 7) is 5.51. The standard InChI is InChI=1S/C26H29FN6O/c1-17-7-8-18(2)25-23(17)13-20(26(34)28-25)15-32(14-19-9-11-21(27)12-10-19)16-24-29-30-31-33(24)22-5-3-4-6-22/h7-13,22H,3-6,14-16H2,1-2H3,(H,28,34). The quantitative estimate of drug-likeness (QED) is 0.436. The van der Waals surface area contributed by atoms with Crippen LogP contribution in [0.15, 0.2) is 47.3 Å². The van der Waals surface area contributed by atoms with Gasteiger partial charge in [-0.25, -0.2) is 9.07 Å². The number of halogens is 1. The summed E-state index contributed by atoms with van der Waals surface area (Å²) in [4.78, 5) is 18.3. The minimum absolute atomic E-state index is 0.0966. The highest BCUT2D eigenvalue weighted by Crippen LogP contribution is 2.29. The van der Waals surface area contributed by atoms with Crippen molar-refractivity contribution in [1.82, 2.24) is 30.1 Å². The van der Waals surface area contributed by atoms with Crippen LogP contribution in [0.5, 0.6) is 0 Å². The molecular weight excluding hydrogens is 431 g/mol. The maximum atomic E-state index is 13.5. The molecule has 34 heavy (non-hydrogen) atoms. The minimum atomic E-state index is -0.266.